The highest BCUT2D eigenvalue weighted by atomic mass is 19.3. The number of halogens is 2. The lowest BCUT2D eigenvalue weighted by Gasteiger charge is -2.35. The van der Waals surface area contributed by atoms with Gasteiger partial charge >= 0.3 is 0 Å². The zero-order chi connectivity index (χ0) is 16.4. The Morgan fingerprint density at radius 1 is 1.17 bits per heavy atom. The van der Waals surface area contributed by atoms with Crippen LogP contribution >= 0.6 is 0 Å². The normalized spacial score (nSPS) is 16.3. The lowest BCUT2D eigenvalue weighted by Crippen LogP contribution is -2.46. The molecular weight excluding hydrogens is 302 g/mol. The second kappa shape index (κ2) is 6.57. The molecule has 0 atom stereocenters. The zero-order valence-electron chi connectivity index (χ0n) is 13.3. The summed E-state index contributed by atoms with van der Waals surface area (Å²) in [7, 11) is 1.67. The Morgan fingerprint density at radius 2 is 1.91 bits per heavy atom. The molecule has 0 bridgehead atoms. The van der Waals surface area contributed by atoms with Crippen molar-refractivity contribution in [1.82, 2.24) is 24.6 Å². The van der Waals surface area contributed by atoms with E-state index in [9.17, 15) is 8.78 Å². The number of aromatic nitrogens is 4. The van der Waals surface area contributed by atoms with Crippen LogP contribution in [0.15, 0.2) is 18.6 Å². The van der Waals surface area contributed by atoms with Crippen LogP contribution in [0.5, 0.6) is 0 Å². The molecule has 0 spiro atoms. The number of hydrogen-bond acceptors (Lipinski definition) is 5. The number of piperazine rings is 1. The van der Waals surface area contributed by atoms with E-state index in [0.717, 1.165) is 37.7 Å². The third-order valence-electron chi connectivity index (χ3n) is 4.02. The minimum Gasteiger partial charge on any atom is -0.354 e. The summed E-state index contributed by atoms with van der Waals surface area (Å²) >= 11 is 0. The molecule has 0 radical (unpaired) electrons. The van der Waals surface area contributed by atoms with Crippen LogP contribution in [0, 0.1) is 6.92 Å². The van der Waals surface area contributed by atoms with Crippen LogP contribution in [-0.2, 0) is 13.6 Å². The van der Waals surface area contributed by atoms with E-state index in [1.54, 1.807) is 19.6 Å². The molecule has 1 fully saturated rings. The lowest BCUT2D eigenvalue weighted by molar-refractivity contribution is 0.142. The Hall–Kier alpha value is -2.09. The van der Waals surface area contributed by atoms with Gasteiger partial charge in [-0.3, -0.25) is 9.58 Å². The average Bonchev–Trinajstić information content (AvgIpc) is 2.89. The van der Waals surface area contributed by atoms with Gasteiger partial charge in [0.05, 0.1) is 0 Å². The van der Waals surface area contributed by atoms with Gasteiger partial charge in [-0.1, -0.05) is 0 Å². The predicted octanol–water partition coefficient (Wildman–Crippen LogP) is 1.78. The fraction of sp³-hybridized carbons (Fsp3) is 0.533. The van der Waals surface area contributed by atoms with Crippen LogP contribution in [0.3, 0.4) is 0 Å². The molecule has 2 aromatic heterocycles. The second-order valence-corrected chi connectivity index (χ2v) is 5.79. The molecule has 1 saturated heterocycles. The van der Waals surface area contributed by atoms with Crippen LogP contribution in [0.1, 0.15) is 23.4 Å². The molecule has 6 nitrogen and oxygen atoms in total. The van der Waals surface area contributed by atoms with Crippen molar-refractivity contribution in [3.63, 3.8) is 0 Å². The van der Waals surface area contributed by atoms with Gasteiger partial charge in [0.15, 0.2) is 0 Å². The highest BCUT2D eigenvalue weighted by Gasteiger charge is 2.22. The summed E-state index contributed by atoms with van der Waals surface area (Å²) in [5.74, 6) is 0.923. The summed E-state index contributed by atoms with van der Waals surface area (Å²) < 4.78 is 27.5. The van der Waals surface area contributed by atoms with E-state index in [1.807, 2.05) is 13.0 Å². The molecule has 1 aliphatic rings. The van der Waals surface area contributed by atoms with Crippen LogP contribution < -0.4 is 4.90 Å². The molecule has 8 heteroatoms. The summed E-state index contributed by atoms with van der Waals surface area (Å²) in [5.41, 5.74) is 1.43. The predicted molar refractivity (Wildman–Crippen MR) is 82.4 cm³/mol. The van der Waals surface area contributed by atoms with Gasteiger partial charge in [-0.25, -0.2) is 18.7 Å². The van der Waals surface area contributed by atoms with Gasteiger partial charge in [-0.05, 0) is 6.92 Å². The van der Waals surface area contributed by atoms with Crippen molar-refractivity contribution in [1.29, 1.82) is 0 Å². The maximum absolute atomic E-state index is 13.0. The van der Waals surface area contributed by atoms with E-state index in [4.69, 9.17) is 0 Å². The van der Waals surface area contributed by atoms with Crippen molar-refractivity contribution in [3.05, 3.63) is 35.5 Å². The Kier molecular flexibility index (Phi) is 4.51. The third-order valence-corrected chi connectivity index (χ3v) is 4.02. The fourth-order valence-electron chi connectivity index (χ4n) is 2.85. The van der Waals surface area contributed by atoms with Gasteiger partial charge in [0, 0.05) is 63.3 Å². The minimum absolute atomic E-state index is 0.110. The zero-order valence-corrected chi connectivity index (χ0v) is 13.3. The van der Waals surface area contributed by atoms with Gasteiger partial charge in [0.25, 0.3) is 6.43 Å². The highest BCUT2D eigenvalue weighted by Crippen LogP contribution is 2.23. The number of aryl methyl sites for hydroxylation is 2. The van der Waals surface area contributed by atoms with Crippen LogP contribution in [0.4, 0.5) is 14.6 Å². The van der Waals surface area contributed by atoms with E-state index in [1.165, 1.54) is 4.68 Å². The first-order chi connectivity index (χ1) is 11.0. The molecular formula is C15H20F2N6. The molecule has 3 rings (SSSR count). The monoisotopic (exact) mass is 322 g/mol. The number of rotatable bonds is 4. The fourth-order valence-corrected chi connectivity index (χ4v) is 2.85. The van der Waals surface area contributed by atoms with Crippen molar-refractivity contribution in [2.75, 3.05) is 31.1 Å². The van der Waals surface area contributed by atoms with Crippen molar-refractivity contribution < 1.29 is 8.78 Å². The molecule has 0 N–H and O–H groups in total. The quantitative estimate of drug-likeness (QED) is 0.859. The SMILES string of the molecule is Cc1cc(N2CCN(Cc3cn(C)nc3C(F)F)CC2)ncn1. The van der Waals surface area contributed by atoms with Gasteiger partial charge in [-0.15, -0.1) is 0 Å². The van der Waals surface area contributed by atoms with Gasteiger partial charge in [0.1, 0.15) is 17.8 Å². The first-order valence-corrected chi connectivity index (χ1v) is 7.59. The molecule has 124 valence electrons. The molecule has 3 heterocycles. The largest absolute Gasteiger partial charge is 0.354 e. The van der Waals surface area contributed by atoms with Crippen molar-refractivity contribution in [3.8, 4) is 0 Å². The second-order valence-electron chi connectivity index (χ2n) is 5.79. The van der Waals surface area contributed by atoms with Gasteiger partial charge < -0.3 is 4.90 Å². The molecule has 2 aromatic rings. The molecule has 0 unspecified atom stereocenters. The molecule has 0 saturated carbocycles. The topological polar surface area (TPSA) is 50.1 Å². The number of nitrogens with zero attached hydrogens (tertiary/aromatic N) is 6. The number of hydrogen-bond donors (Lipinski definition) is 0. The Balaban J connectivity index is 1.61. The summed E-state index contributed by atoms with van der Waals surface area (Å²) in [6.07, 6.45) is 0.722. The summed E-state index contributed by atoms with van der Waals surface area (Å²) in [6, 6.07) is 1.96. The first kappa shape index (κ1) is 15.8. The van der Waals surface area contributed by atoms with Crippen molar-refractivity contribution in [2.24, 2.45) is 7.05 Å². The third kappa shape index (κ3) is 3.64. The maximum Gasteiger partial charge on any atom is 0.282 e. The van der Waals surface area contributed by atoms with E-state index >= 15 is 0 Å². The average molecular weight is 322 g/mol. The molecule has 0 aromatic carbocycles. The molecule has 0 aliphatic carbocycles. The number of alkyl halides is 2. The standard InChI is InChI=1S/C15H20F2N6/c1-11-7-13(19-10-18-11)23-5-3-22(4-6-23)9-12-8-21(2)20-14(12)15(16)17/h7-8,10,15H,3-6,9H2,1-2H3. The smallest absolute Gasteiger partial charge is 0.282 e. The van der Waals surface area contributed by atoms with E-state index in [2.05, 4.69) is 24.9 Å². The Labute approximate surface area is 133 Å². The van der Waals surface area contributed by atoms with Gasteiger partial charge in [0.2, 0.25) is 0 Å². The molecule has 23 heavy (non-hydrogen) atoms. The maximum atomic E-state index is 13.0. The Bertz CT molecular complexity index is 664. The Morgan fingerprint density at radius 3 is 2.57 bits per heavy atom. The van der Waals surface area contributed by atoms with Crippen molar-refractivity contribution in [2.45, 2.75) is 19.9 Å². The highest BCUT2D eigenvalue weighted by molar-refractivity contribution is 5.39. The van der Waals surface area contributed by atoms with Gasteiger partial charge in [-0.2, -0.15) is 5.10 Å². The first-order valence-electron chi connectivity index (χ1n) is 7.59. The van der Waals surface area contributed by atoms with Crippen LogP contribution in [-0.4, -0.2) is 50.8 Å². The summed E-state index contributed by atoms with van der Waals surface area (Å²) in [6.45, 7) is 5.70. The summed E-state index contributed by atoms with van der Waals surface area (Å²) in [4.78, 5) is 12.8. The van der Waals surface area contributed by atoms with Crippen LogP contribution in [0.25, 0.3) is 0 Å². The summed E-state index contributed by atoms with van der Waals surface area (Å²) in [5, 5.41) is 3.86. The van der Waals surface area contributed by atoms with Crippen molar-refractivity contribution >= 4 is 5.82 Å². The van der Waals surface area contributed by atoms with E-state index in [-0.39, 0.29) is 5.69 Å². The van der Waals surface area contributed by atoms with Crippen LogP contribution in [0.2, 0.25) is 0 Å². The molecule has 0 amide bonds. The van der Waals surface area contributed by atoms with E-state index < -0.39 is 6.43 Å². The lowest BCUT2D eigenvalue weighted by atomic mass is 10.2. The number of anilines is 1. The van der Waals surface area contributed by atoms with E-state index in [0.29, 0.717) is 12.1 Å². The minimum atomic E-state index is -2.53. The molecule has 1 aliphatic heterocycles.